The molecule has 0 saturated carbocycles. The smallest absolute Gasteiger partial charge is 0.218 e. The Hall–Kier alpha value is -1.29. The molecule has 1 heterocycles. The van der Waals surface area contributed by atoms with Gasteiger partial charge in [-0.05, 0) is 36.4 Å². The minimum Gasteiger partial charge on any atom is -0.481 e. The highest BCUT2D eigenvalue weighted by Crippen LogP contribution is 2.33. The summed E-state index contributed by atoms with van der Waals surface area (Å²) in [5, 5.41) is 4.70. The molecular formula is C15H16Cl2N2O. The quantitative estimate of drug-likeness (QED) is 0.903. The lowest BCUT2D eigenvalue weighted by Gasteiger charge is -2.21. The second-order valence-corrected chi connectivity index (χ2v) is 5.10. The van der Waals surface area contributed by atoms with Crippen LogP contribution in [0.25, 0.3) is 0 Å². The Bertz CT molecular complexity index is 590. The van der Waals surface area contributed by atoms with Crippen molar-refractivity contribution in [2.75, 3.05) is 13.7 Å². The zero-order valence-corrected chi connectivity index (χ0v) is 12.9. The van der Waals surface area contributed by atoms with Crippen molar-refractivity contribution < 1.29 is 4.74 Å². The van der Waals surface area contributed by atoms with Crippen LogP contribution in [0, 0.1) is 0 Å². The maximum atomic E-state index is 6.31. The zero-order chi connectivity index (χ0) is 14.5. The highest BCUT2D eigenvalue weighted by molar-refractivity contribution is 6.33. The van der Waals surface area contributed by atoms with Crippen LogP contribution >= 0.6 is 23.2 Å². The molecule has 0 aliphatic heterocycles. The van der Waals surface area contributed by atoms with Crippen molar-refractivity contribution in [2.45, 2.75) is 13.0 Å². The first-order valence-corrected chi connectivity index (χ1v) is 7.10. The van der Waals surface area contributed by atoms with Crippen LogP contribution in [0.4, 0.5) is 0 Å². The number of nitrogens with zero attached hydrogens (tertiary/aromatic N) is 1. The van der Waals surface area contributed by atoms with Gasteiger partial charge in [0.2, 0.25) is 5.88 Å². The Labute approximate surface area is 128 Å². The first-order chi connectivity index (χ1) is 9.67. The Morgan fingerprint density at radius 3 is 2.75 bits per heavy atom. The molecule has 1 N–H and O–H groups in total. The molecule has 0 aliphatic carbocycles. The van der Waals surface area contributed by atoms with Gasteiger partial charge in [0, 0.05) is 21.8 Å². The standard InChI is InChI=1S/C15H16Cl2N2O/c1-3-18-14(11-5-4-8-19-15(11)20-2)12-9-10(16)6-7-13(12)17/h4-9,14,18H,3H2,1-2H3. The summed E-state index contributed by atoms with van der Waals surface area (Å²) in [5.74, 6) is 0.578. The molecule has 106 valence electrons. The maximum Gasteiger partial charge on any atom is 0.218 e. The summed E-state index contributed by atoms with van der Waals surface area (Å²) in [5.41, 5.74) is 1.84. The number of methoxy groups -OCH3 is 1. The highest BCUT2D eigenvalue weighted by atomic mass is 35.5. The Balaban J connectivity index is 2.53. The summed E-state index contributed by atoms with van der Waals surface area (Å²) in [6, 6.07) is 9.17. The van der Waals surface area contributed by atoms with Gasteiger partial charge < -0.3 is 10.1 Å². The van der Waals surface area contributed by atoms with E-state index in [0.29, 0.717) is 15.9 Å². The van der Waals surface area contributed by atoms with Crippen molar-refractivity contribution in [3.8, 4) is 5.88 Å². The third kappa shape index (κ3) is 3.23. The molecule has 0 radical (unpaired) electrons. The Morgan fingerprint density at radius 1 is 1.25 bits per heavy atom. The normalized spacial score (nSPS) is 12.2. The Morgan fingerprint density at radius 2 is 2.05 bits per heavy atom. The number of aromatic nitrogens is 1. The molecule has 2 rings (SSSR count). The Kier molecular flexibility index (Phi) is 5.24. The predicted octanol–water partition coefficient (Wildman–Crippen LogP) is 4.10. The lowest BCUT2D eigenvalue weighted by Crippen LogP contribution is -2.23. The van der Waals surface area contributed by atoms with E-state index in [2.05, 4.69) is 10.3 Å². The second kappa shape index (κ2) is 6.93. The van der Waals surface area contributed by atoms with E-state index in [-0.39, 0.29) is 6.04 Å². The molecule has 3 nitrogen and oxygen atoms in total. The molecule has 20 heavy (non-hydrogen) atoms. The number of hydrogen-bond acceptors (Lipinski definition) is 3. The molecule has 1 aromatic carbocycles. The van der Waals surface area contributed by atoms with Gasteiger partial charge in [-0.2, -0.15) is 0 Å². The fourth-order valence-electron chi connectivity index (χ4n) is 2.12. The highest BCUT2D eigenvalue weighted by Gasteiger charge is 2.20. The van der Waals surface area contributed by atoms with Crippen LogP contribution in [0.2, 0.25) is 10.0 Å². The third-order valence-electron chi connectivity index (χ3n) is 2.98. The van der Waals surface area contributed by atoms with E-state index in [0.717, 1.165) is 17.7 Å². The average molecular weight is 311 g/mol. The molecule has 1 aromatic heterocycles. The maximum absolute atomic E-state index is 6.31. The molecule has 0 fully saturated rings. The van der Waals surface area contributed by atoms with Crippen LogP contribution in [0.3, 0.4) is 0 Å². The van der Waals surface area contributed by atoms with E-state index < -0.39 is 0 Å². The van der Waals surface area contributed by atoms with Crippen LogP contribution < -0.4 is 10.1 Å². The number of nitrogens with one attached hydrogen (secondary N) is 1. The fourth-order valence-corrected chi connectivity index (χ4v) is 2.53. The van der Waals surface area contributed by atoms with E-state index >= 15 is 0 Å². The van der Waals surface area contributed by atoms with Crippen molar-refractivity contribution in [3.05, 3.63) is 57.7 Å². The van der Waals surface area contributed by atoms with Gasteiger partial charge in [0.1, 0.15) is 0 Å². The van der Waals surface area contributed by atoms with Gasteiger partial charge in [0.15, 0.2) is 0 Å². The molecule has 5 heteroatoms. The minimum absolute atomic E-state index is 0.116. The number of pyridine rings is 1. The first-order valence-electron chi connectivity index (χ1n) is 6.34. The van der Waals surface area contributed by atoms with Crippen molar-refractivity contribution in [2.24, 2.45) is 0 Å². The van der Waals surface area contributed by atoms with Crippen LogP contribution in [0.15, 0.2) is 36.5 Å². The zero-order valence-electron chi connectivity index (χ0n) is 11.4. The largest absolute Gasteiger partial charge is 0.481 e. The molecule has 0 saturated heterocycles. The minimum atomic E-state index is -0.116. The fraction of sp³-hybridized carbons (Fsp3) is 0.267. The second-order valence-electron chi connectivity index (χ2n) is 4.26. The van der Waals surface area contributed by atoms with Crippen molar-refractivity contribution in [1.29, 1.82) is 0 Å². The first kappa shape index (κ1) is 15.1. The molecule has 0 bridgehead atoms. The van der Waals surface area contributed by atoms with Gasteiger partial charge in [-0.1, -0.05) is 36.2 Å². The van der Waals surface area contributed by atoms with Crippen LogP contribution in [-0.4, -0.2) is 18.6 Å². The molecule has 1 atom stereocenters. The summed E-state index contributed by atoms with van der Waals surface area (Å²) < 4.78 is 5.34. The molecule has 0 spiro atoms. The van der Waals surface area contributed by atoms with E-state index in [1.807, 2.05) is 25.1 Å². The molecule has 0 aliphatic rings. The van der Waals surface area contributed by atoms with Gasteiger partial charge in [-0.25, -0.2) is 4.98 Å². The van der Waals surface area contributed by atoms with Gasteiger partial charge in [-0.15, -0.1) is 0 Å². The van der Waals surface area contributed by atoms with E-state index in [9.17, 15) is 0 Å². The van der Waals surface area contributed by atoms with Gasteiger partial charge in [0.25, 0.3) is 0 Å². The summed E-state index contributed by atoms with van der Waals surface area (Å²) in [7, 11) is 1.61. The number of rotatable bonds is 5. The summed E-state index contributed by atoms with van der Waals surface area (Å²) in [4.78, 5) is 4.24. The average Bonchev–Trinajstić information content (AvgIpc) is 2.47. The van der Waals surface area contributed by atoms with E-state index in [1.54, 1.807) is 25.4 Å². The van der Waals surface area contributed by atoms with Crippen LogP contribution in [-0.2, 0) is 0 Å². The van der Waals surface area contributed by atoms with Crippen molar-refractivity contribution >= 4 is 23.2 Å². The van der Waals surface area contributed by atoms with Crippen LogP contribution in [0.1, 0.15) is 24.1 Å². The number of benzene rings is 1. The number of halogens is 2. The van der Waals surface area contributed by atoms with E-state index in [4.69, 9.17) is 27.9 Å². The van der Waals surface area contributed by atoms with Gasteiger partial charge in [-0.3, -0.25) is 0 Å². The molecule has 0 amide bonds. The summed E-state index contributed by atoms with van der Waals surface area (Å²) in [6.45, 7) is 2.82. The van der Waals surface area contributed by atoms with Gasteiger partial charge >= 0.3 is 0 Å². The van der Waals surface area contributed by atoms with Gasteiger partial charge in [0.05, 0.1) is 13.2 Å². The summed E-state index contributed by atoms with van der Waals surface area (Å²) >= 11 is 12.4. The molecular weight excluding hydrogens is 295 g/mol. The van der Waals surface area contributed by atoms with Crippen LogP contribution in [0.5, 0.6) is 5.88 Å². The number of ether oxygens (including phenoxy) is 1. The predicted molar refractivity (Wildman–Crippen MR) is 82.8 cm³/mol. The van der Waals surface area contributed by atoms with E-state index in [1.165, 1.54) is 0 Å². The lowest BCUT2D eigenvalue weighted by atomic mass is 9.99. The topological polar surface area (TPSA) is 34.2 Å². The number of hydrogen-bond donors (Lipinski definition) is 1. The molecule has 1 unspecified atom stereocenters. The third-order valence-corrected chi connectivity index (χ3v) is 3.56. The molecule has 2 aromatic rings. The van der Waals surface area contributed by atoms with Crippen molar-refractivity contribution in [3.63, 3.8) is 0 Å². The lowest BCUT2D eigenvalue weighted by molar-refractivity contribution is 0.387. The monoisotopic (exact) mass is 310 g/mol. The SMILES string of the molecule is CCNC(c1cc(Cl)ccc1Cl)c1cccnc1OC. The van der Waals surface area contributed by atoms with Crippen molar-refractivity contribution in [1.82, 2.24) is 10.3 Å². The summed E-state index contributed by atoms with van der Waals surface area (Å²) in [6.07, 6.45) is 1.70.